The first-order valence-electron chi connectivity index (χ1n) is 4.78. The molecule has 1 aromatic carbocycles. The third kappa shape index (κ3) is 3.34. The molecule has 0 fully saturated rings. The fourth-order valence-electron chi connectivity index (χ4n) is 1.11. The Morgan fingerprint density at radius 1 is 1.36 bits per heavy atom. The summed E-state index contributed by atoms with van der Waals surface area (Å²) in [5.41, 5.74) is 6.77. The number of rotatable bonds is 5. The minimum absolute atomic E-state index is 0.0369. The van der Waals surface area contributed by atoms with Crippen molar-refractivity contribution in [3.05, 3.63) is 29.8 Å². The largest absolute Gasteiger partial charge is 0.494 e. The lowest BCUT2D eigenvalue weighted by Gasteiger charge is -2.08. The molecule has 0 spiro atoms. The molecule has 0 heterocycles. The van der Waals surface area contributed by atoms with E-state index in [2.05, 4.69) is 0 Å². The summed E-state index contributed by atoms with van der Waals surface area (Å²) in [7, 11) is 0. The van der Waals surface area contributed by atoms with Crippen LogP contribution >= 0.6 is 0 Å². The van der Waals surface area contributed by atoms with Crippen molar-refractivity contribution in [2.45, 2.75) is 19.4 Å². The van der Waals surface area contributed by atoms with Crippen LogP contribution < -0.4 is 10.5 Å². The zero-order valence-corrected chi connectivity index (χ0v) is 8.37. The predicted octanol–water partition coefficient (Wildman–Crippen LogP) is 2.44. The first-order valence-corrected chi connectivity index (χ1v) is 4.78. The summed E-state index contributed by atoms with van der Waals surface area (Å²) in [5.74, 6) is 0.767. The third-order valence-corrected chi connectivity index (χ3v) is 1.95. The maximum absolute atomic E-state index is 11.8. The summed E-state index contributed by atoms with van der Waals surface area (Å²) < 4.78 is 17.1. The second kappa shape index (κ2) is 5.60. The van der Waals surface area contributed by atoms with Crippen LogP contribution in [0, 0.1) is 0 Å². The molecule has 0 aliphatic heterocycles. The van der Waals surface area contributed by atoms with Gasteiger partial charge < -0.3 is 10.5 Å². The highest BCUT2D eigenvalue weighted by molar-refractivity contribution is 5.28. The van der Waals surface area contributed by atoms with Gasteiger partial charge in [0.1, 0.15) is 5.75 Å². The van der Waals surface area contributed by atoms with Crippen molar-refractivity contribution in [2.75, 3.05) is 13.3 Å². The Balaban J connectivity index is 2.47. The first kappa shape index (κ1) is 11.0. The lowest BCUT2D eigenvalue weighted by molar-refractivity contribution is 0.289. The molecule has 0 bridgehead atoms. The SMILES string of the molecule is CC(N)c1ccc(OCCCF)cc1. The molecule has 0 amide bonds. The van der Waals surface area contributed by atoms with E-state index in [9.17, 15) is 4.39 Å². The Labute approximate surface area is 83.9 Å². The first-order chi connectivity index (χ1) is 6.74. The van der Waals surface area contributed by atoms with E-state index < -0.39 is 0 Å². The molecule has 2 N–H and O–H groups in total. The summed E-state index contributed by atoms with van der Waals surface area (Å²) >= 11 is 0. The average Bonchev–Trinajstić information content (AvgIpc) is 2.19. The summed E-state index contributed by atoms with van der Waals surface area (Å²) in [6, 6.07) is 7.61. The van der Waals surface area contributed by atoms with Crippen molar-refractivity contribution < 1.29 is 9.13 Å². The monoisotopic (exact) mass is 197 g/mol. The van der Waals surface area contributed by atoms with Gasteiger partial charge in [-0.05, 0) is 24.6 Å². The Hall–Kier alpha value is -1.09. The lowest BCUT2D eigenvalue weighted by Crippen LogP contribution is -2.04. The zero-order chi connectivity index (χ0) is 10.4. The standard InChI is InChI=1S/C11H16FNO/c1-9(13)10-3-5-11(6-4-10)14-8-2-7-12/h3-6,9H,2,7-8,13H2,1H3. The fourth-order valence-corrected chi connectivity index (χ4v) is 1.11. The summed E-state index contributed by atoms with van der Waals surface area (Å²) in [4.78, 5) is 0. The Kier molecular flexibility index (Phi) is 4.40. The molecular formula is C11H16FNO. The predicted molar refractivity (Wildman–Crippen MR) is 55.1 cm³/mol. The van der Waals surface area contributed by atoms with Gasteiger partial charge in [-0.1, -0.05) is 12.1 Å². The number of ether oxygens (including phenoxy) is 1. The molecular weight excluding hydrogens is 181 g/mol. The molecule has 14 heavy (non-hydrogen) atoms. The van der Waals surface area contributed by atoms with Gasteiger partial charge in [0.25, 0.3) is 0 Å². The molecule has 3 heteroatoms. The highest BCUT2D eigenvalue weighted by atomic mass is 19.1. The van der Waals surface area contributed by atoms with E-state index in [1.807, 2.05) is 31.2 Å². The third-order valence-electron chi connectivity index (χ3n) is 1.95. The van der Waals surface area contributed by atoms with E-state index >= 15 is 0 Å². The average molecular weight is 197 g/mol. The van der Waals surface area contributed by atoms with E-state index in [4.69, 9.17) is 10.5 Å². The lowest BCUT2D eigenvalue weighted by atomic mass is 10.1. The van der Waals surface area contributed by atoms with Gasteiger partial charge in [-0.3, -0.25) is 4.39 Å². The summed E-state index contributed by atoms with van der Waals surface area (Å²) in [6.07, 6.45) is 0.440. The maximum Gasteiger partial charge on any atom is 0.119 e. The van der Waals surface area contributed by atoms with Gasteiger partial charge in [0.15, 0.2) is 0 Å². The smallest absolute Gasteiger partial charge is 0.119 e. The molecule has 0 radical (unpaired) electrons. The van der Waals surface area contributed by atoms with Crippen molar-refractivity contribution in [3.8, 4) is 5.75 Å². The van der Waals surface area contributed by atoms with E-state index in [0.29, 0.717) is 13.0 Å². The van der Waals surface area contributed by atoms with Crippen LogP contribution in [0.5, 0.6) is 5.75 Å². The van der Waals surface area contributed by atoms with Crippen molar-refractivity contribution in [3.63, 3.8) is 0 Å². The van der Waals surface area contributed by atoms with Crippen LogP contribution in [-0.2, 0) is 0 Å². The van der Waals surface area contributed by atoms with Crippen molar-refractivity contribution in [1.29, 1.82) is 0 Å². The zero-order valence-electron chi connectivity index (χ0n) is 8.37. The molecule has 0 aliphatic rings. The van der Waals surface area contributed by atoms with Crippen molar-refractivity contribution in [1.82, 2.24) is 0 Å². The fraction of sp³-hybridized carbons (Fsp3) is 0.455. The van der Waals surface area contributed by atoms with Crippen LogP contribution in [-0.4, -0.2) is 13.3 Å². The number of benzene rings is 1. The summed E-state index contributed by atoms with van der Waals surface area (Å²) in [6.45, 7) is 2.02. The molecule has 2 nitrogen and oxygen atoms in total. The Morgan fingerprint density at radius 3 is 2.50 bits per heavy atom. The van der Waals surface area contributed by atoms with Crippen LogP contribution in [0.4, 0.5) is 4.39 Å². The molecule has 1 aromatic rings. The second-order valence-corrected chi connectivity index (χ2v) is 3.25. The van der Waals surface area contributed by atoms with E-state index in [1.165, 1.54) is 0 Å². The maximum atomic E-state index is 11.8. The molecule has 0 saturated heterocycles. The topological polar surface area (TPSA) is 35.2 Å². The van der Waals surface area contributed by atoms with Gasteiger partial charge in [-0.25, -0.2) is 0 Å². The van der Waals surface area contributed by atoms with Crippen LogP contribution in [0.25, 0.3) is 0 Å². The minimum Gasteiger partial charge on any atom is -0.494 e. The van der Waals surface area contributed by atoms with Gasteiger partial charge in [-0.2, -0.15) is 0 Å². The van der Waals surface area contributed by atoms with Crippen LogP contribution in [0.3, 0.4) is 0 Å². The van der Waals surface area contributed by atoms with Gasteiger partial charge in [0, 0.05) is 12.5 Å². The van der Waals surface area contributed by atoms with Gasteiger partial charge >= 0.3 is 0 Å². The van der Waals surface area contributed by atoms with Crippen LogP contribution in [0.15, 0.2) is 24.3 Å². The highest BCUT2D eigenvalue weighted by Crippen LogP contribution is 2.15. The van der Waals surface area contributed by atoms with E-state index in [1.54, 1.807) is 0 Å². The number of hydrogen-bond donors (Lipinski definition) is 1. The number of nitrogens with two attached hydrogens (primary N) is 1. The van der Waals surface area contributed by atoms with Gasteiger partial charge in [0.2, 0.25) is 0 Å². The number of hydrogen-bond acceptors (Lipinski definition) is 2. The second-order valence-electron chi connectivity index (χ2n) is 3.25. The van der Waals surface area contributed by atoms with Crippen molar-refractivity contribution in [2.24, 2.45) is 5.73 Å². The molecule has 0 aliphatic carbocycles. The van der Waals surface area contributed by atoms with Crippen molar-refractivity contribution >= 4 is 0 Å². The van der Waals surface area contributed by atoms with Gasteiger partial charge in [0.05, 0.1) is 13.3 Å². The minimum atomic E-state index is -0.335. The van der Waals surface area contributed by atoms with E-state index in [-0.39, 0.29) is 12.7 Å². The van der Waals surface area contributed by atoms with E-state index in [0.717, 1.165) is 11.3 Å². The number of alkyl halides is 1. The summed E-state index contributed by atoms with van der Waals surface area (Å²) in [5, 5.41) is 0. The van der Waals surface area contributed by atoms with Crippen LogP contribution in [0.2, 0.25) is 0 Å². The molecule has 1 unspecified atom stereocenters. The molecule has 1 rings (SSSR count). The normalized spacial score (nSPS) is 12.5. The number of halogens is 1. The van der Waals surface area contributed by atoms with Gasteiger partial charge in [-0.15, -0.1) is 0 Å². The molecule has 0 aromatic heterocycles. The molecule has 1 atom stereocenters. The quantitative estimate of drug-likeness (QED) is 0.736. The molecule has 0 saturated carbocycles. The van der Waals surface area contributed by atoms with Crippen LogP contribution in [0.1, 0.15) is 24.9 Å². The Morgan fingerprint density at radius 2 is 2.00 bits per heavy atom. The molecule has 78 valence electrons. The Bertz CT molecular complexity index is 258. The highest BCUT2D eigenvalue weighted by Gasteiger charge is 1.99.